The van der Waals surface area contributed by atoms with Crippen LogP contribution in [0.15, 0.2) is 78.9 Å². The number of carbonyl (C=O) groups excluding carboxylic acids is 2. The summed E-state index contributed by atoms with van der Waals surface area (Å²) in [7, 11) is 1.63. The number of aliphatic hydroxyl groups excluding tert-OH is 2. The lowest BCUT2D eigenvalue weighted by atomic mass is 9.90. The van der Waals surface area contributed by atoms with Gasteiger partial charge in [0.15, 0.2) is 12.4 Å². The SMILES string of the molecule is COc1ccc(CC(C)(C)N(C[C@H](O)c2cc(C)cc3c2OCC(=O)C3)C[C@H](O)c2cc(OCc3ccccc3)cc3c2OCC(=O)N3)cc1. The van der Waals surface area contributed by atoms with Crippen molar-refractivity contribution in [1.82, 2.24) is 4.90 Å². The Bertz CT molecular complexity index is 1840. The van der Waals surface area contributed by atoms with E-state index in [1.165, 1.54) is 0 Å². The number of rotatable bonds is 13. The molecule has 0 aromatic heterocycles. The first-order valence-electron chi connectivity index (χ1n) is 16.8. The predicted molar refractivity (Wildman–Crippen MR) is 189 cm³/mol. The van der Waals surface area contributed by atoms with Crippen LogP contribution in [0.5, 0.6) is 23.0 Å². The topological polar surface area (TPSA) is 127 Å². The molecule has 262 valence electrons. The molecule has 0 radical (unpaired) electrons. The van der Waals surface area contributed by atoms with E-state index in [1.54, 1.807) is 19.2 Å². The van der Waals surface area contributed by atoms with Crippen molar-refractivity contribution < 1.29 is 38.7 Å². The molecular formula is C40H44N2O8. The average Bonchev–Trinajstić information content (AvgIpc) is 3.09. The van der Waals surface area contributed by atoms with Crippen LogP contribution in [0.1, 0.15) is 59.4 Å². The van der Waals surface area contributed by atoms with Gasteiger partial charge in [-0.1, -0.05) is 54.1 Å². The minimum atomic E-state index is -1.10. The quantitative estimate of drug-likeness (QED) is 0.168. The molecular weight excluding hydrogens is 636 g/mol. The van der Waals surface area contributed by atoms with Crippen molar-refractivity contribution in [2.24, 2.45) is 0 Å². The van der Waals surface area contributed by atoms with E-state index in [2.05, 4.69) is 24.1 Å². The van der Waals surface area contributed by atoms with Gasteiger partial charge in [-0.2, -0.15) is 0 Å². The van der Waals surface area contributed by atoms with Gasteiger partial charge in [0.1, 0.15) is 36.2 Å². The lowest BCUT2D eigenvalue weighted by Gasteiger charge is -2.41. The second kappa shape index (κ2) is 14.9. The first-order valence-corrected chi connectivity index (χ1v) is 16.8. The summed E-state index contributed by atoms with van der Waals surface area (Å²) in [6, 6.07) is 24.8. The average molecular weight is 681 g/mol. The van der Waals surface area contributed by atoms with E-state index in [-0.39, 0.29) is 44.4 Å². The number of carbonyl (C=O) groups is 2. The van der Waals surface area contributed by atoms with E-state index in [1.807, 2.05) is 73.7 Å². The highest BCUT2D eigenvalue weighted by Crippen LogP contribution is 2.41. The summed E-state index contributed by atoms with van der Waals surface area (Å²) in [6.07, 6.45) is -1.24. The number of Topliss-reactive ketones (excluding diaryl/α,β-unsaturated/α-hetero) is 1. The largest absolute Gasteiger partial charge is 0.497 e. The van der Waals surface area contributed by atoms with Crippen molar-refractivity contribution in [3.63, 3.8) is 0 Å². The van der Waals surface area contributed by atoms with Crippen molar-refractivity contribution in [3.8, 4) is 23.0 Å². The number of hydrogen-bond acceptors (Lipinski definition) is 9. The third-order valence-electron chi connectivity index (χ3n) is 9.22. The van der Waals surface area contributed by atoms with Crippen LogP contribution in [0.2, 0.25) is 0 Å². The number of fused-ring (bicyclic) bond motifs is 2. The fourth-order valence-electron chi connectivity index (χ4n) is 6.66. The smallest absolute Gasteiger partial charge is 0.262 e. The van der Waals surface area contributed by atoms with Crippen LogP contribution >= 0.6 is 0 Å². The van der Waals surface area contributed by atoms with Crippen LogP contribution < -0.4 is 24.3 Å². The van der Waals surface area contributed by atoms with Crippen molar-refractivity contribution in [1.29, 1.82) is 0 Å². The van der Waals surface area contributed by atoms with E-state index >= 15 is 0 Å². The fourth-order valence-corrected chi connectivity index (χ4v) is 6.66. The van der Waals surface area contributed by atoms with E-state index in [4.69, 9.17) is 18.9 Å². The number of hydrogen-bond donors (Lipinski definition) is 3. The molecule has 2 aliphatic rings. The Labute approximate surface area is 292 Å². The molecule has 0 spiro atoms. The van der Waals surface area contributed by atoms with Gasteiger partial charge in [-0.25, -0.2) is 0 Å². The summed E-state index contributed by atoms with van der Waals surface area (Å²) in [4.78, 5) is 26.5. The molecule has 0 saturated carbocycles. The van der Waals surface area contributed by atoms with Crippen LogP contribution in [-0.4, -0.2) is 65.8 Å². The van der Waals surface area contributed by atoms with E-state index in [9.17, 15) is 19.8 Å². The number of amides is 1. The zero-order valence-corrected chi connectivity index (χ0v) is 28.9. The van der Waals surface area contributed by atoms with Gasteiger partial charge in [-0.3, -0.25) is 14.5 Å². The highest BCUT2D eigenvalue weighted by Gasteiger charge is 2.35. The molecule has 2 atom stereocenters. The van der Waals surface area contributed by atoms with Crippen molar-refractivity contribution in [2.75, 3.05) is 38.7 Å². The Morgan fingerprint density at radius 3 is 2.22 bits per heavy atom. The van der Waals surface area contributed by atoms with Crippen LogP contribution in [-0.2, 0) is 29.0 Å². The second-order valence-corrected chi connectivity index (χ2v) is 13.6. The van der Waals surface area contributed by atoms with Gasteiger partial charge in [-0.15, -0.1) is 0 Å². The Morgan fingerprint density at radius 2 is 1.52 bits per heavy atom. The van der Waals surface area contributed by atoms with Crippen LogP contribution in [0.25, 0.3) is 0 Å². The number of aryl methyl sites for hydroxylation is 1. The summed E-state index contributed by atoms with van der Waals surface area (Å²) < 4.78 is 23.2. The molecule has 1 amide bonds. The highest BCUT2D eigenvalue weighted by atomic mass is 16.5. The summed E-state index contributed by atoms with van der Waals surface area (Å²) in [5.41, 5.74) is 4.61. The maximum absolute atomic E-state index is 12.3. The minimum absolute atomic E-state index is 0.00867. The number of β-amino-alcohol motifs (C(OH)–C–C–N with tert-alkyl or cyclic N) is 2. The number of nitrogens with zero attached hydrogens (tertiary/aromatic N) is 1. The zero-order valence-electron chi connectivity index (χ0n) is 28.9. The number of nitrogens with one attached hydrogen (secondary N) is 1. The van der Waals surface area contributed by atoms with Gasteiger partial charge in [0.2, 0.25) is 0 Å². The summed E-state index contributed by atoms with van der Waals surface area (Å²) in [5.74, 6) is 1.83. The molecule has 10 heteroatoms. The molecule has 50 heavy (non-hydrogen) atoms. The van der Waals surface area contributed by atoms with Crippen LogP contribution in [0.4, 0.5) is 5.69 Å². The normalized spacial score (nSPS) is 15.3. The monoisotopic (exact) mass is 680 g/mol. The standard InChI is InChI=1S/C40H44N2O8/c1-25-14-28-16-29(43)23-49-38(28)32(15-25)35(44)20-42(40(2,3)19-26-10-12-30(47-4)13-11-26)21-36(45)33-17-31(48-22-27-8-6-5-7-9-27)18-34-39(33)50-24-37(46)41-34/h5-15,17-18,35-36,44-45H,16,19-24H2,1-4H3,(H,41,46)/t35-,36-/m0/s1. The van der Waals surface area contributed by atoms with Crippen molar-refractivity contribution in [3.05, 3.63) is 112 Å². The van der Waals surface area contributed by atoms with Gasteiger partial charge in [0, 0.05) is 47.8 Å². The first kappa shape index (κ1) is 34.9. The molecule has 3 N–H and O–H groups in total. The Kier molecular flexibility index (Phi) is 10.4. The molecule has 0 fully saturated rings. The lowest BCUT2D eigenvalue weighted by molar-refractivity contribution is -0.121. The summed E-state index contributed by atoms with van der Waals surface area (Å²) >= 11 is 0. The van der Waals surface area contributed by atoms with Crippen molar-refractivity contribution in [2.45, 2.75) is 58.0 Å². The summed E-state index contributed by atoms with van der Waals surface area (Å²) in [6.45, 7) is 6.42. The lowest BCUT2D eigenvalue weighted by Crippen LogP contribution is -2.49. The maximum atomic E-state index is 12.3. The second-order valence-electron chi connectivity index (χ2n) is 13.6. The van der Waals surface area contributed by atoms with Crippen LogP contribution in [0, 0.1) is 6.92 Å². The molecule has 0 aliphatic carbocycles. The highest BCUT2D eigenvalue weighted by molar-refractivity contribution is 5.96. The van der Waals surface area contributed by atoms with Crippen molar-refractivity contribution >= 4 is 17.4 Å². The number of aliphatic hydroxyl groups is 2. The first-order chi connectivity index (χ1) is 24.0. The van der Waals surface area contributed by atoms with Gasteiger partial charge in [0.25, 0.3) is 5.91 Å². The number of benzene rings is 4. The number of methoxy groups -OCH3 is 1. The fraction of sp³-hybridized carbons (Fsp3) is 0.350. The molecule has 4 aromatic rings. The Morgan fingerprint density at radius 1 is 0.840 bits per heavy atom. The van der Waals surface area contributed by atoms with Gasteiger partial charge in [0.05, 0.1) is 25.0 Å². The van der Waals surface area contributed by atoms with Gasteiger partial charge >= 0.3 is 0 Å². The third-order valence-corrected chi connectivity index (χ3v) is 9.22. The number of ketones is 1. The number of ether oxygens (including phenoxy) is 4. The third kappa shape index (κ3) is 8.10. The Balaban J connectivity index is 1.32. The van der Waals surface area contributed by atoms with E-state index in [0.717, 1.165) is 28.0 Å². The van der Waals surface area contributed by atoms with E-state index < -0.39 is 17.7 Å². The molecule has 0 saturated heterocycles. The maximum Gasteiger partial charge on any atom is 0.262 e. The van der Waals surface area contributed by atoms with Gasteiger partial charge in [-0.05, 0) is 62.6 Å². The minimum Gasteiger partial charge on any atom is -0.497 e. The Hall–Kier alpha value is -4.90. The summed E-state index contributed by atoms with van der Waals surface area (Å²) in [5, 5.41) is 26.7. The molecule has 4 aromatic carbocycles. The predicted octanol–water partition coefficient (Wildman–Crippen LogP) is 5.51. The van der Waals surface area contributed by atoms with Crippen LogP contribution in [0.3, 0.4) is 0 Å². The molecule has 0 bridgehead atoms. The molecule has 2 heterocycles. The number of anilines is 1. The zero-order chi connectivity index (χ0) is 35.4. The van der Waals surface area contributed by atoms with E-state index in [0.29, 0.717) is 47.1 Å². The molecule has 0 unspecified atom stereocenters. The molecule has 10 nitrogen and oxygen atoms in total. The van der Waals surface area contributed by atoms with Gasteiger partial charge < -0.3 is 34.5 Å². The molecule has 2 aliphatic heterocycles. The molecule has 6 rings (SSSR count).